The molecule has 1 atom stereocenters. The summed E-state index contributed by atoms with van der Waals surface area (Å²) in [5, 5.41) is 1.61. The number of hydrogen-bond acceptors (Lipinski definition) is 3. The molecule has 1 saturated heterocycles. The van der Waals surface area contributed by atoms with E-state index in [0.717, 1.165) is 16.5 Å². The first-order valence-corrected chi connectivity index (χ1v) is 9.85. The Kier molecular flexibility index (Phi) is 4.38. The molecule has 1 aromatic carbocycles. The minimum Gasteiger partial charge on any atom is -0.361 e. The second-order valence-corrected chi connectivity index (χ2v) is 8.58. The summed E-state index contributed by atoms with van der Waals surface area (Å²) in [7, 11) is -3.00. The van der Waals surface area contributed by atoms with E-state index in [1.165, 1.54) is 0 Å². The smallest absolute Gasteiger partial charge is 0.227 e. The van der Waals surface area contributed by atoms with Crippen LogP contribution in [-0.4, -0.2) is 48.3 Å². The first-order chi connectivity index (χ1) is 10.9. The summed E-state index contributed by atoms with van der Waals surface area (Å²) in [4.78, 5) is 17.5. The minimum atomic E-state index is -3.00. The van der Waals surface area contributed by atoms with Gasteiger partial charge in [-0.25, -0.2) is 8.42 Å². The number of aromatic nitrogens is 1. The average molecular weight is 355 g/mol. The van der Waals surface area contributed by atoms with Gasteiger partial charge in [-0.05, 0) is 31.0 Å². The summed E-state index contributed by atoms with van der Waals surface area (Å²) in [5.74, 6) is 0.216. The number of carbonyl (C=O) groups is 1. The van der Waals surface area contributed by atoms with Crippen LogP contribution < -0.4 is 0 Å². The van der Waals surface area contributed by atoms with Crippen molar-refractivity contribution < 1.29 is 13.2 Å². The molecule has 5 nitrogen and oxygen atoms in total. The molecular formula is C16H19ClN2O3S. The molecule has 7 heteroatoms. The van der Waals surface area contributed by atoms with E-state index < -0.39 is 9.84 Å². The van der Waals surface area contributed by atoms with Crippen molar-refractivity contribution in [2.75, 3.05) is 18.1 Å². The van der Waals surface area contributed by atoms with Gasteiger partial charge in [0.25, 0.3) is 0 Å². The molecule has 1 aromatic heterocycles. The molecule has 1 aliphatic heterocycles. The Bertz CT molecular complexity index is 844. The summed E-state index contributed by atoms with van der Waals surface area (Å²) in [6.07, 6.45) is 2.61. The van der Waals surface area contributed by atoms with E-state index in [1.807, 2.05) is 25.3 Å². The van der Waals surface area contributed by atoms with Crippen LogP contribution in [0, 0.1) is 0 Å². The normalized spacial score (nSPS) is 20.0. The van der Waals surface area contributed by atoms with Gasteiger partial charge in [0, 0.05) is 34.7 Å². The van der Waals surface area contributed by atoms with E-state index in [-0.39, 0.29) is 29.9 Å². The van der Waals surface area contributed by atoms with Crippen molar-refractivity contribution in [2.24, 2.45) is 0 Å². The van der Waals surface area contributed by atoms with Gasteiger partial charge in [-0.1, -0.05) is 17.7 Å². The number of aromatic amines is 1. The van der Waals surface area contributed by atoms with E-state index in [9.17, 15) is 13.2 Å². The third-order valence-corrected chi connectivity index (χ3v) is 6.37. The molecule has 124 valence electrons. The van der Waals surface area contributed by atoms with Crippen molar-refractivity contribution >= 4 is 38.2 Å². The molecule has 1 aliphatic rings. The maximum absolute atomic E-state index is 12.6. The average Bonchev–Trinajstić information content (AvgIpc) is 3.03. The third kappa shape index (κ3) is 3.38. The molecule has 2 aromatic rings. The summed E-state index contributed by atoms with van der Waals surface area (Å²) in [6, 6.07) is 5.32. The minimum absolute atomic E-state index is 0.0366. The maximum atomic E-state index is 12.6. The van der Waals surface area contributed by atoms with Crippen LogP contribution in [0.3, 0.4) is 0 Å². The number of carbonyl (C=O) groups excluding carboxylic acids is 1. The van der Waals surface area contributed by atoms with Gasteiger partial charge in [0.1, 0.15) is 0 Å². The van der Waals surface area contributed by atoms with Gasteiger partial charge in [-0.2, -0.15) is 0 Å². The number of amides is 1. The number of hydrogen-bond donors (Lipinski definition) is 1. The third-order valence-electron chi connectivity index (χ3n) is 4.38. The molecular weight excluding hydrogens is 336 g/mol. The van der Waals surface area contributed by atoms with Crippen LogP contribution in [-0.2, 0) is 21.1 Å². The number of likely N-dealkylation sites (N-methyl/N-ethyl adjacent to an activating group) is 1. The van der Waals surface area contributed by atoms with Crippen LogP contribution in [0.1, 0.15) is 18.9 Å². The number of rotatable bonds is 4. The molecule has 2 heterocycles. The first kappa shape index (κ1) is 16.3. The fourth-order valence-corrected chi connectivity index (χ4v) is 5.13. The Hall–Kier alpha value is -1.53. The van der Waals surface area contributed by atoms with Crippen molar-refractivity contribution in [2.45, 2.75) is 25.8 Å². The lowest BCUT2D eigenvalue weighted by Gasteiger charge is -2.26. The van der Waals surface area contributed by atoms with E-state index in [2.05, 4.69) is 4.98 Å². The number of halogens is 1. The molecule has 0 bridgehead atoms. The largest absolute Gasteiger partial charge is 0.361 e. The number of sulfone groups is 1. The summed E-state index contributed by atoms with van der Waals surface area (Å²) in [5.41, 5.74) is 1.80. The summed E-state index contributed by atoms with van der Waals surface area (Å²) >= 11 is 5.97. The number of nitrogens with zero attached hydrogens (tertiary/aromatic N) is 1. The SMILES string of the molecule is CCN(C(=O)Cc1c[nH]c2cc(Cl)ccc12)C1CCS(=O)(=O)C1. The monoisotopic (exact) mass is 354 g/mol. The lowest BCUT2D eigenvalue weighted by Crippen LogP contribution is -2.41. The van der Waals surface area contributed by atoms with E-state index in [1.54, 1.807) is 11.0 Å². The van der Waals surface area contributed by atoms with Crippen LogP contribution in [0.2, 0.25) is 5.02 Å². The van der Waals surface area contributed by atoms with Crippen LogP contribution >= 0.6 is 11.6 Å². The molecule has 1 unspecified atom stereocenters. The summed E-state index contributed by atoms with van der Waals surface area (Å²) < 4.78 is 23.3. The van der Waals surface area contributed by atoms with Gasteiger partial charge in [-0.3, -0.25) is 4.79 Å². The predicted molar refractivity (Wildman–Crippen MR) is 91.5 cm³/mol. The maximum Gasteiger partial charge on any atom is 0.227 e. The highest BCUT2D eigenvalue weighted by Crippen LogP contribution is 2.24. The topological polar surface area (TPSA) is 70.2 Å². The molecule has 1 N–H and O–H groups in total. The van der Waals surface area contributed by atoms with E-state index in [4.69, 9.17) is 11.6 Å². The Balaban J connectivity index is 1.79. The lowest BCUT2D eigenvalue weighted by molar-refractivity contribution is -0.132. The standard InChI is InChI=1S/C16H19ClN2O3S/c1-2-19(13-5-6-23(21,22)10-13)16(20)7-11-9-18-15-8-12(17)3-4-14(11)15/h3-4,8-9,13,18H,2,5-7,10H2,1H3. The number of fused-ring (bicyclic) bond motifs is 1. The highest BCUT2D eigenvalue weighted by atomic mass is 35.5. The van der Waals surface area contributed by atoms with Crippen LogP contribution in [0.25, 0.3) is 10.9 Å². The lowest BCUT2D eigenvalue weighted by atomic mass is 10.1. The highest BCUT2D eigenvalue weighted by molar-refractivity contribution is 7.91. The molecule has 0 spiro atoms. The zero-order chi connectivity index (χ0) is 16.6. The van der Waals surface area contributed by atoms with E-state index in [0.29, 0.717) is 18.0 Å². The van der Waals surface area contributed by atoms with Gasteiger partial charge in [0.15, 0.2) is 9.84 Å². The van der Waals surface area contributed by atoms with Crippen LogP contribution in [0.15, 0.2) is 24.4 Å². The van der Waals surface area contributed by atoms with Crippen LogP contribution in [0.5, 0.6) is 0 Å². The van der Waals surface area contributed by atoms with Gasteiger partial charge >= 0.3 is 0 Å². The first-order valence-electron chi connectivity index (χ1n) is 7.65. The van der Waals surface area contributed by atoms with Crippen molar-refractivity contribution in [3.8, 4) is 0 Å². The molecule has 0 saturated carbocycles. The van der Waals surface area contributed by atoms with Gasteiger partial charge < -0.3 is 9.88 Å². The fourth-order valence-electron chi connectivity index (χ4n) is 3.23. The number of nitrogens with one attached hydrogen (secondary N) is 1. The summed E-state index contributed by atoms with van der Waals surface area (Å²) in [6.45, 7) is 2.41. The molecule has 1 amide bonds. The van der Waals surface area contributed by atoms with Crippen molar-refractivity contribution in [1.29, 1.82) is 0 Å². The highest BCUT2D eigenvalue weighted by Gasteiger charge is 2.33. The van der Waals surface area contributed by atoms with Crippen molar-refractivity contribution in [3.63, 3.8) is 0 Å². The van der Waals surface area contributed by atoms with Crippen molar-refractivity contribution in [3.05, 3.63) is 35.0 Å². The zero-order valence-corrected chi connectivity index (χ0v) is 14.5. The Labute approximate surface area is 140 Å². The second-order valence-electron chi connectivity index (χ2n) is 5.92. The van der Waals surface area contributed by atoms with Gasteiger partial charge in [0.2, 0.25) is 5.91 Å². The Morgan fingerprint density at radius 2 is 2.22 bits per heavy atom. The molecule has 1 fully saturated rings. The Morgan fingerprint density at radius 3 is 2.87 bits per heavy atom. The quantitative estimate of drug-likeness (QED) is 0.916. The number of benzene rings is 1. The van der Waals surface area contributed by atoms with Gasteiger partial charge in [-0.15, -0.1) is 0 Å². The van der Waals surface area contributed by atoms with Crippen LogP contribution in [0.4, 0.5) is 0 Å². The predicted octanol–water partition coefficient (Wildman–Crippen LogP) is 2.40. The van der Waals surface area contributed by atoms with Crippen molar-refractivity contribution in [1.82, 2.24) is 9.88 Å². The second kappa shape index (κ2) is 6.17. The molecule has 23 heavy (non-hydrogen) atoms. The van der Waals surface area contributed by atoms with Gasteiger partial charge in [0.05, 0.1) is 17.9 Å². The molecule has 0 radical (unpaired) electrons. The van der Waals surface area contributed by atoms with E-state index >= 15 is 0 Å². The number of H-pyrrole nitrogens is 1. The fraction of sp³-hybridized carbons (Fsp3) is 0.438. The Morgan fingerprint density at radius 1 is 1.43 bits per heavy atom. The molecule has 0 aliphatic carbocycles. The zero-order valence-electron chi connectivity index (χ0n) is 12.9. The molecule has 3 rings (SSSR count).